The van der Waals surface area contributed by atoms with Crippen molar-refractivity contribution in [2.45, 2.75) is 12.5 Å². The van der Waals surface area contributed by atoms with Crippen LogP contribution in [0, 0.1) is 0 Å². The number of hydrogen-bond acceptors (Lipinski definition) is 3. The minimum atomic E-state index is -1.02. The molecule has 1 unspecified atom stereocenters. The Kier molecular flexibility index (Phi) is 2.80. The molecule has 0 bridgehead atoms. The molecule has 0 radical (unpaired) electrons. The van der Waals surface area contributed by atoms with Gasteiger partial charge in [-0.1, -0.05) is 17.7 Å². The second kappa shape index (κ2) is 4.11. The Labute approximate surface area is 96.5 Å². The first-order valence-electron chi connectivity index (χ1n) is 4.68. The highest BCUT2D eigenvalue weighted by Crippen LogP contribution is 2.14. The summed E-state index contributed by atoms with van der Waals surface area (Å²) in [5, 5.41) is 9.19. The summed E-state index contributed by atoms with van der Waals surface area (Å²) in [6, 6.07) is 2.66. The summed E-state index contributed by atoms with van der Waals surface area (Å²) in [4.78, 5) is 14.7. The number of aliphatic carboxylic acids is 1. The van der Waals surface area contributed by atoms with Gasteiger partial charge >= 0.3 is 5.97 Å². The van der Waals surface area contributed by atoms with E-state index in [-0.39, 0.29) is 6.42 Å². The van der Waals surface area contributed by atoms with Crippen molar-refractivity contribution in [3.8, 4) is 0 Å². The Morgan fingerprint density at radius 3 is 3.06 bits per heavy atom. The molecule has 16 heavy (non-hydrogen) atoms. The number of aromatic nitrogens is 2. The first-order chi connectivity index (χ1) is 7.58. The molecule has 2 aromatic heterocycles. The highest BCUT2D eigenvalue weighted by molar-refractivity contribution is 6.29. The van der Waals surface area contributed by atoms with Crippen LogP contribution in [-0.4, -0.2) is 26.5 Å². The fraction of sp³-hybridized carbons (Fsp3) is 0.200. The number of carboxylic acid groups (broad SMARTS) is 1. The van der Waals surface area contributed by atoms with Gasteiger partial charge in [-0.2, -0.15) is 0 Å². The van der Waals surface area contributed by atoms with Crippen molar-refractivity contribution >= 4 is 23.2 Å². The molecule has 0 aliphatic rings. The summed E-state index contributed by atoms with van der Waals surface area (Å²) in [6.07, 6.45) is 3.55. The van der Waals surface area contributed by atoms with Gasteiger partial charge in [0.05, 0.1) is 6.20 Å². The molecule has 0 saturated carbocycles. The number of pyridine rings is 1. The number of nitrogens with two attached hydrogens (primary N) is 1. The fourth-order valence-electron chi connectivity index (χ4n) is 1.46. The van der Waals surface area contributed by atoms with Gasteiger partial charge in [0.2, 0.25) is 0 Å². The van der Waals surface area contributed by atoms with E-state index in [4.69, 9.17) is 22.4 Å². The molecule has 1 atom stereocenters. The largest absolute Gasteiger partial charge is 0.480 e. The first-order valence-corrected chi connectivity index (χ1v) is 5.05. The number of carboxylic acids is 1. The van der Waals surface area contributed by atoms with Gasteiger partial charge in [0, 0.05) is 6.20 Å². The number of halogens is 1. The zero-order chi connectivity index (χ0) is 11.7. The number of carbonyl (C=O) groups is 1. The Morgan fingerprint density at radius 2 is 2.38 bits per heavy atom. The molecule has 0 amide bonds. The van der Waals surface area contributed by atoms with E-state index in [9.17, 15) is 4.79 Å². The maximum Gasteiger partial charge on any atom is 0.320 e. The summed E-state index contributed by atoms with van der Waals surface area (Å²) < 4.78 is 1.69. The standard InChI is InChI=1S/C10H10ClN3O2/c11-8-4-13-9-2-1-6(5-14(8)9)3-7(12)10(15)16/h1-2,4-5,7H,3,12H2,(H,15,16). The van der Waals surface area contributed by atoms with Gasteiger partial charge in [-0.05, 0) is 18.1 Å². The van der Waals surface area contributed by atoms with Crippen LogP contribution in [0.15, 0.2) is 24.5 Å². The van der Waals surface area contributed by atoms with Crippen LogP contribution in [0.1, 0.15) is 5.56 Å². The maximum absolute atomic E-state index is 10.6. The van der Waals surface area contributed by atoms with E-state index in [1.807, 2.05) is 0 Å². The third-order valence-electron chi connectivity index (χ3n) is 2.29. The summed E-state index contributed by atoms with van der Waals surface area (Å²) in [7, 11) is 0. The maximum atomic E-state index is 10.6. The Bertz CT molecular complexity index is 538. The molecule has 2 rings (SSSR count). The molecular formula is C10H10ClN3O2. The van der Waals surface area contributed by atoms with Crippen LogP contribution in [0.3, 0.4) is 0 Å². The van der Waals surface area contributed by atoms with Crippen molar-refractivity contribution in [1.82, 2.24) is 9.38 Å². The lowest BCUT2D eigenvalue weighted by molar-refractivity contribution is -0.138. The van der Waals surface area contributed by atoms with Crippen LogP contribution in [0.25, 0.3) is 5.65 Å². The van der Waals surface area contributed by atoms with Crippen molar-refractivity contribution in [3.05, 3.63) is 35.2 Å². The normalized spacial score (nSPS) is 12.9. The Hall–Kier alpha value is -1.59. The molecule has 6 heteroatoms. The van der Waals surface area contributed by atoms with Gasteiger partial charge < -0.3 is 10.8 Å². The lowest BCUT2D eigenvalue weighted by Gasteiger charge is -2.06. The molecule has 0 fully saturated rings. The van der Waals surface area contributed by atoms with E-state index in [0.717, 1.165) is 11.2 Å². The number of nitrogens with zero attached hydrogens (tertiary/aromatic N) is 2. The minimum absolute atomic E-state index is 0.264. The summed E-state index contributed by atoms with van der Waals surface area (Å²) in [5.41, 5.74) is 6.98. The molecule has 0 saturated heterocycles. The zero-order valence-electron chi connectivity index (χ0n) is 8.30. The van der Waals surface area contributed by atoms with Crippen LogP contribution in [0.2, 0.25) is 5.15 Å². The third-order valence-corrected chi connectivity index (χ3v) is 2.57. The third kappa shape index (κ3) is 2.00. The van der Waals surface area contributed by atoms with Gasteiger partial charge in [-0.15, -0.1) is 0 Å². The molecule has 84 valence electrons. The molecule has 5 nitrogen and oxygen atoms in total. The Morgan fingerprint density at radius 1 is 1.62 bits per heavy atom. The van der Waals surface area contributed by atoms with Gasteiger partial charge in [0.15, 0.2) is 0 Å². The second-order valence-electron chi connectivity index (χ2n) is 3.50. The predicted octanol–water partition coefficient (Wildman–Crippen LogP) is 0.942. The van der Waals surface area contributed by atoms with E-state index in [1.54, 1.807) is 22.7 Å². The van der Waals surface area contributed by atoms with E-state index in [1.165, 1.54) is 6.20 Å². The molecule has 0 spiro atoms. The van der Waals surface area contributed by atoms with Gasteiger partial charge in [0.25, 0.3) is 0 Å². The van der Waals surface area contributed by atoms with E-state index in [0.29, 0.717) is 5.15 Å². The average Bonchev–Trinajstić information content (AvgIpc) is 2.60. The van der Waals surface area contributed by atoms with Crippen LogP contribution in [0.5, 0.6) is 0 Å². The van der Waals surface area contributed by atoms with Crippen molar-refractivity contribution < 1.29 is 9.90 Å². The van der Waals surface area contributed by atoms with Crippen molar-refractivity contribution in [3.63, 3.8) is 0 Å². The van der Waals surface area contributed by atoms with Crippen molar-refractivity contribution in [2.24, 2.45) is 5.73 Å². The van der Waals surface area contributed by atoms with E-state index >= 15 is 0 Å². The number of hydrogen-bond donors (Lipinski definition) is 2. The lowest BCUT2D eigenvalue weighted by Crippen LogP contribution is -2.32. The second-order valence-corrected chi connectivity index (χ2v) is 3.88. The SMILES string of the molecule is NC(Cc1ccc2ncc(Cl)n2c1)C(=O)O. The molecule has 0 aromatic carbocycles. The van der Waals surface area contributed by atoms with Crippen LogP contribution in [-0.2, 0) is 11.2 Å². The quantitative estimate of drug-likeness (QED) is 0.835. The highest BCUT2D eigenvalue weighted by atomic mass is 35.5. The summed E-state index contributed by atoms with van der Waals surface area (Å²) in [5.74, 6) is -1.02. The van der Waals surface area contributed by atoms with Gasteiger partial charge in [-0.25, -0.2) is 4.98 Å². The monoisotopic (exact) mass is 239 g/mol. The predicted molar refractivity (Wildman–Crippen MR) is 59.5 cm³/mol. The van der Waals surface area contributed by atoms with Crippen LogP contribution < -0.4 is 5.73 Å². The molecule has 2 aromatic rings. The summed E-state index contributed by atoms with van der Waals surface area (Å²) >= 11 is 5.90. The number of fused-ring (bicyclic) bond motifs is 1. The number of rotatable bonds is 3. The topological polar surface area (TPSA) is 80.6 Å². The van der Waals surface area contributed by atoms with Crippen molar-refractivity contribution in [2.75, 3.05) is 0 Å². The fourth-order valence-corrected chi connectivity index (χ4v) is 1.64. The molecular weight excluding hydrogens is 230 g/mol. The van der Waals surface area contributed by atoms with Gasteiger partial charge in [-0.3, -0.25) is 9.20 Å². The zero-order valence-corrected chi connectivity index (χ0v) is 9.05. The molecule has 0 aliphatic heterocycles. The number of imidazole rings is 1. The molecule has 0 aliphatic carbocycles. The Balaban J connectivity index is 2.32. The smallest absolute Gasteiger partial charge is 0.320 e. The van der Waals surface area contributed by atoms with Crippen molar-refractivity contribution in [1.29, 1.82) is 0 Å². The summed E-state index contributed by atoms with van der Waals surface area (Å²) in [6.45, 7) is 0. The van der Waals surface area contributed by atoms with E-state index < -0.39 is 12.0 Å². The lowest BCUT2D eigenvalue weighted by atomic mass is 10.1. The minimum Gasteiger partial charge on any atom is -0.480 e. The van der Waals surface area contributed by atoms with Crippen LogP contribution >= 0.6 is 11.6 Å². The van der Waals surface area contributed by atoms with Gasteiger partial charge in [0.1, 0.15) is 16.8 Å². The van der Waals surface area contributed by atoms with E-state index in [2.05, 4.69) is 4.98 Å². The first kappa shape index (κ1) is 10.9. The highest BCUT2D eigenvalue weighted by Gasteiger charge is 2.12. The molecule has 3 N–H and O–H groups in total. The molecule has 2 heterocycles. The average molecular weight is 240 g/mol. The van der Waals surface area contributed by atoms with Crippen LogP contribution in [0.4, 0.5) is 0 Å².